The molecule has 11 heteroatoms. The van der Waals surface area contributed by atoms with Crippen LogP contribution in [-0.4, -0.2) is 29.0 Å². The zero-order valence-electron chi connectivity index (χ0n) is 18.5. The van der Waals surface area contributed by atoms with E-state index < -0.39 is 12.0 Å². The van der Waals surface area contributed by atoms with Gasteiger partial charge >= 0.3 is 5.97 Å². The molecule has 0 amide bonds. The van der Waals surface area contributed by atoms with Crippen molar-refractivity contribution in [3.63, 3.8) is 0 Å². The summed E-state index contributed by atoms with van der Waals surface area (Å²) in [5.41, 5.74) is 1.99. The van der Waals surface area contributed by atoms with Crippen molar-refractivity contribution in [2.45, 2.75) is 19.9 Å². The number of carbonyl (C=O) groups excluding carboxylic acids is 1. The van der Waals surface area contributed by atoms with E-state index in [9.17, 15) is 14.7 Å². The van der Waals surface area contributed by atoms with Gasteiger partial charge in [0.1, 0.15) is 5.75 Å². The van der Waals surface area contributed by atoms with Crippen LogP contribution in [0.1, 0.15) is 31.0 Å². The summed E-state index contributed by atoms with van der Waals surface area (Å²) in [6, 6.07) is 8.25. The maximum absolute atomic E-state index is 13.7. The van der Waals surface area contributed by atoms with Crippen LogP contribution in [0.3, 0.4) is 0 Å². The van der Waals surface area contributed by atoms with E-state index in [-0.39, 0.29) is 24.7 Å². The first-order valence-corrected chi connectivity index (χ1v) is 13.5. The number of carbonyl (C=O) groups is 1. The third-order valence-electron chi connectivity index (χ3n) is 5.57. The second kappa shape index (κ2) is 9.58. The molecule has 0 spiro atoms. The molecule has 1 aromatic heterocycles. The molecular weight excluding hydrogens is 698 g/mol. The smallest absolute Gasteiger partial charge is 0.338 e. The molecule has 1 N–H and O–H groups in total. The fraction of sp³-hybridized carbons (Fsp3) is 0.208. The van der Waals surface area contributed by atoms with Crippen molar-refractivity contribution in [1.82, 2.24) is 4.57 Å². The lowest BCUT2D eigenvalue weighted by molar-refractivity contribution is -0.139. The van der Waals surface area contributed by atoms with E-state index in [4.69, 9.17) is 14.2 Å². The average Bonchev–Trinajstić information content (AvgIpc) is 3.40. The van der Waals surface area contributed by atoms with Gasteiger partial charge in [-0.2, -0.15) is 0 Å². The number of allylic oxidation sites excluding steroid dienone is 1. The van der Waals surface area contributed by atoms with Crippen LogP contribution in [0, 0.1) is 7.14 Å². The molecule has 0 fully saturated rings. The predicted octanol–water partition coefficient (Wildman–Crippen LogP) is 3.44. The molecule has 2 aliphatic rings. The number of aromatic nitrogens is 1. The molecular formula is C24H18I2N2O6S. The standard InChI is InChI=1S/C24H18I2N2O6S/c1-3-32-23(31)19-11(2)27-24-28(20(19)13-4-5-16-17(9-13)34-10-33-16)22(30)18(35-24)8-12-6-14(25)21(29)15(26)7-12/h4-9,20,29H,3,10H2,1-2H3/b18-8-/t20-/m0/s1. The van der Waals surface area contributed by atoms with E-state index >= 15 is 0 Å². The molecule has 0 radical (unpaired) electrons. The highest BCUT2D eigenvalue weighted by molar-refractivity contribution is 14.1. The summed E-state index contributed by atoms with van der Waals surface area (Å²) in [6.07, 6.45) is 1.77. The lowest BCUT2D eigenvalue weighted by Gasteiger charge is -2.24. The number of rotatable bonds is 4. The number of benzene rings is 2. The summed E-state index contributed by atoms with van der Waals surface area (Å²) < 4.78 is 19.7. The van der Waals surface area contributed by atoms with E-state index in [2.05, 4.69) is 50.2 Å². The molecule has 5 rings (SSSR count). The summed E-state index contributed by atoms with van der Waals surface area (Å²) in [6.45, 7) is 3.80. The summed E-state index contributed by atoms with van der Waals surface area (Å²) >= 11 is 5.36. The number of fused-ring (bicyclic) bond motifs is 2. The highest BCUT2D eigenvalue weighted by Gasteiger charge is 2.34. The molecule has 0 saturated carbocycles. The fourth-order valence-electron chi connectivity index (χ4n) is 4.01. The molecule has 0 bridgehead atoms. The molecule has 3 aromatic rings. The third kappa shape index (κ3) is 4.37. The van der Waals surface area contributed by atoms with E-state index in [0.717, 1.165) is 5.56 Å². The molecule has 0 unspecified atom stereocenters. The van der Waals surface area contributed by atoms with Crippen LogP contribution in [0.4, 0.5) is 0 Å². The number of thiazole rings is 1. The molecule has 0 aliphatic carbocycles. The van der Waals surface area contributed by atoms with Crippen LogP contribution in [-0.2, 0) is 9.53 Å². The summed E-state index contributed by atoms with van der Waals surface area (Å²) in [5, 5.41) is 10.1. The maximum Gasteiger partial charge on any atom is 0.338 e. The highest BCUT2D eigenvalue weighted by Crippen LogP contribution is 2.38. The quantitative estimate of drug-likeness (QED) is 0.329. The van der Waals surface area contributed by atoms with E-state index in [0.29, 0.717) is 44.8 Å². The van der Waals surface area contributed by atoms with Crippen LogP contribution >= 0.6 is 56.5 Å². The Kier molecular flexibility index (Phi) is 6.65. The maximum atomic E-state index is 13.7. The molecule has 8 nitrogen and oxygen atoms in total. The Morgan fingerprint density at radius 1 is 1.26 bits per heavy atom. The molecule has 2 aromatic carbocycles. The SMILES string of the molecule is CCOC(=O)C1=C(C)N=c2s/c(=C\c3cc(I)c(O)c(I)c3)c(=O)n2[C@H]1c1ccc2c(c1)OCO2. The van der Waals surface area contributed by atoms with Crippen LogP contribution in [0.5, 0.6) is 17.2 Å². The largest absolute Gasteiger partial charge is 0.506 e. The normalized spacial score (nSPS) is 16.8. The Bertz CT molecular complexity index is 1570. The number of ether oxygens (including phenoxy) is 3. The molecule has 2 aliphatic heterocycles. The van der Waals surface area contributed by atoms with Gasteiger partial charge in [0.05, 0.1) is 35.6 Å². The summed E-state index contributed by atoms with van der Waals surface area (Å²) in [7, 11) is 0. The highest BCUT2D eigenvalue weighted by atomic mass is 127. The Labute approximate surface area is 230 Å². The number of aromatic hydroxyl groups is 1. The summed E-state index contributed by atoms with van der Waals surface area (Å²) in [5.74, 6) is 0.850. The molecule has 35 heavy (non-hydrogen) atoms. The van der Waals surface area contributed by atoms with Gasteiger partial charge < -0.3 is 19.3 Å². The number of hydrogen-bond donors (Lipinski definition) is 1. The van der Waals surface area contributed by atoms with Gasteiger partial charge in [0, 0.05) is 0 Å². The first-order chi connectivity index (χ1) is 16.8. The van der Waals surface area contributed by atoms with Crippen molar-refractivity contribution in [1.29, 1.82) is 0 Å². The lowest BCUT2D eigenvalue weighted by Crippen LogP contribution is -2.39. The van der Waals surface area contributed by atoms with Crippen molar-refractivity contribution in [3.8, 4) is 17.2 Å². The first-order valence-electron chi connectivity index (χ1n) is 10.6. The topological polar surface area (TPSA) is 99.4 Å². The zero-order chi connectivity index (χ0) is 24.9. The van der Waals surface area contributed by atoms with Gasteiger partial charge in [-0.15, -0.1) is 0 Å². The van der Waals surface area contributed by atoms with Gasteiger partial charge in [-0.25, -0.2) is 9.79 Å². The average molecular weight is 716 g/mol. The Hall–Kier alpha value is -2.39. The number of halogens is 2. The van der Waals surface area contributed by atoms with Crippen LogP contribution in [0.15, 0.2) is 51.4 Å². The van der Waals surface area contributed by atoms with Gasteiger partial charge in [-0.05, 0) is 100 Å². The van der Waals surface area contributed by atoms with Gasteiger partial charge in [0.25, 0.3) is 5.56 Å². The van der Waals surface area contributed by atoms with E-state index in [1.807, 2.05) is 6.07 Å². The lowest BCUT2D eigenvalue weighted by atomic mass is 9.95. The van der Waals surface area contributed by atoms with Crippen LogP contribution in [0.2, 0.25) is 0 Å². The van der Waals surface area contributed by atoms with Gasteiger partial charge in [-0.1, -0.05) is 17.4 Å². The van der Waals surface area contributed by atoms with Crippen molar-refractivity contribution in [2.24, 2.45) is 4.99 Å². The minimum atomic E-state index is -0.734. The van der Waals surface area contributed by atoms with Gasteiger partial charge in [0.15, 0.2) is 16.3 Å². The minimum absolute atomic E-state index is 0.116. The van der Waals surface area contributed by atoms with Crippen LogP contribution < -0.4 is 24.4 Å². The number of esters is 1. The van der Waals surface area contributed by atoms with Crippen molar-refractivity contribution in [2.75, 3.05) is 13.4 Å². The molecule has 0 saturated heterocycles. The number of hydrogen-bond acceptors (Lipinski definition) is 8. The Morgan fingerprint density at radius 2 is 1.97 bits per heavy atom. The number of phenolic OH excluding ortho intramolecular Hbond substituents is 1. The van der Waals surface area contributed by atoms with Crippen molar-refractivity contribution in [3.05, 3.63) is 79.6 Å². The van der Waals surface area contributed by atoms with Crippen LogP contribution in [0.25, 0.3) is 6.08 Å². The Balaban J connectivity index is 1.73. The second-order valence-corrected chi connectivity index (χ2v) is 11.1. The minimum Gasteiger partial charge on any atom is -0.506 e. The van der Waals surface area contributed by atoms with E-state index in [1.54, 1.807) is 44.2 Å². The molecule has 3 heterocycles. The van der Waals surface area contributed by atoms with Gasteiger partial charge in [0.2, 0.25) is 6.79 Å². The number of phenols is 1. The van der Waals surface area contributed by atoms with Crippen molar-refractivity contribution >= 4 is 68.6 Å². The Morgan fingerprint density at radius 3 is 2.69 bits per heavy atom. The number of nitrogens with zero attached hydrogens (tertiary/aromatic N) is 2. The third-order valence-corrected chi connectivity index (χ3v) is 8.19. The van der Waals surface area contributed by atoms with Gasteiger partial charge in [-0.3, -0.25) is 9.36 Å². The zero-order valence-corrected chi connectivity index (χ0v) is 23.6. The summed E-state index contributed by atoms with van der Waals surface area (Å²) in [4.78, 5) is 31.8. The second-order valence-electron chi connectivity index (χ2n) is 7.75. The predicted molar refractivity (Wildman–Crippen MR) is 147 cm³/mol. The van der Waals surface area contributed by atoms with E-state index in [1.165, 1.54) is 15.9 Å². The monoisotopic (exact) mass is 716 g/mol. The first kappa shape index (κ1) is 24.3. The molecule has 1 atom stereocenters. The fourth-order valence-corrected chi connectivity index (χ4v) is 6.87. The van der Waals surface area contributed by atoms with Crippen molar-refractivity contribution < 1.29 is 24.1 Å². The molecule has 180 valence electrons.